The summed E-state index contributed by atoms with van der Waals surface area (Å²) >= 11 is 0. The van der Waals surface area contributed by atoms with Crippen molar-refractivity contribution in [2.45, 2.75) is 149 Å². The summed E-state index contributed by atoms with van der Waals surface area (Å²) in [5.74, 6) is -5.62. The quantitative estimate of drug-likeness (QED) is 0.259. The molecule has 2 heterocycles. The van der Waals surface area contributed by atoms with Gasteiger partial charge in [-0.2, -0.15) is 0 Å². The molecule has 0 unspecified atom stereocenters. The van der Waals surface area contributed by atoms with Crippen LogP contribution in [0.4, 0.5) is 0 Å². The highest BCUT2D eigenvalue weighted by atomic mass is 16.5. The summed E-state index contributed by atoms with van der Waals surface area (Å²) in [5, 5.41) is 18.7. The minimum atomic E-state index is -1.52. The number of rotatable bonds is 8. The molecule has 0 bridgehead atoms. The minimum absolute atomic E-state index is 0.108. The van der Waals surface area contributed by atoms with Crippen LogP contribution in [0, 0.1) is 11.8 Å². The van der Waals surface area contributed by atoms with E-state index in [0.29, 0.717) is 13.1 Å². The highest BCUT2D eigenvalue weighted by molar-refractivity contribution is 5.98. The van der Waals surface area contributed by atoms with Gasteiger partial charge < -0.3 is 50.3 Å². The molecule has 59 heavy (non-hydrogen) atoms. The smallest absolute Gasteiger partial charge is 0.248 e. The fraction of sp³-hybridized carbons (Fsp3) is 0.805. The third kappa shape index (κ3) is 15.0. The van der Waals surface area contributed by atoms with E-state index < -0.39 is 108 Å². The number of hydrogen-bond acceptors (Lipinski definition) is 10. The molecule has 0 aromatic rings. The Morgan fingerprint density at radius 1 is 0.746 bits per heavy atom. The zero-order chi connectivity index (χ0) is 45.1. The maximum absolute atomic E-state index is 14.3. The Labute approximate surface area is 350 Å². The molecule has 0 saturated carbocycles. The summed E-state index contributed by atoms with van der Waals surface area (Å²) in [4.78, 5) is 118. The standard InChI is InChI=1S/C41H72N8O10/c1-24(2)19-30-35(53)43-28(39(57)49-17-15-14-16-18-49)21-33(52)46(11)26(5)37(55)47(12)31(20-25(3)4)36(54)44-34(27(6)50)40(58)45(10)22-32(51)42-29(38(56)48(30)13)23-59-41(7,8)9/h24-31,34,50H,14-23H2,1-13H3,(H,42,51)(H,43,53)(H,44,54)/t26-,27-,28+,29+,30+,31+,34+/m1/s1. The number of aliphatic hydroxyl groups is 1. The van der Waals surface area contributed by atoms with Gasteiger partial charge in [-0.3, -0.25) is 38.4 Å². The van der Waals surface area contributed by atoms with Gasteiger partial charge in [0.2, 0.25) is 47.3 Å². The average molecular weight is 837 g/mol. The normalized spacial score (nSPS) is 26.7. The maximum Gasteiger partial charge on any atom is 0.248 e. The molecule has 7 atom stereocenters. The first-order valence-corrected chi connectivity index (χ1v) is 20.8. The van der Waals surface area contributed by atoms with Crippen molar-refractivity contribution < 1.29 is 48.2 Å². The number of amides is 8. The third-order valence-corrected chi connectivity index (χ3v) is 10.7. The molecule has 4 N–H and O–H groups in total. The molecule has 0 aliphatic carbocycles. The number of nitrogens with zero attached hydrogens (tertiary/aromatic N) is 5. The van der Waals surface area contributed by atoms with Crippen LogP contribution >= 0.6 is 0 Å². The Hall–Kier alpha value is -4.32. The van der Waals surface area contributed by atoms with Gasteiger partial charge in [-0.05, 0) is 78.6 Å². The highest BCUT2D eigenvalue weighted by Gasteiger charge is 2.40. The number of hydrogen-bond donors (Lipinski definition) is 4. The van der Waals surface area contributed by atoms with Crippen LogP contribution in [0.3, 0.4) is 0 Å². The van der Waals surface area contributed by atoms with Gasteiger partial charge in [-0.1, -0.05) is 27.7 Å². The number of piperidine rings is 1. The molecule has 336 valence electrons. The third-order valence-electron chi connectivity index (χ3n) is 10.7. The van der Waals surface area contributed by atoms with E-state index in [2.05, 4.69) is 16.0 Å². The molecular formula is C41H72N8O10. The molecule has 0 aromatic heterocycles. The topological polar surface area (TPSA) is 218 Å². The van der Waals surface area contributed by atoms with Crippen molar-refractivity contribution in [3.63, 3.8) is 0 Å². The minimum Gasteiger partial charge on any atom is -0.391 e. The lowest BCUT2D eigenvalue weighted by molar-refractivity contribution is -0.150. The first-order chi connectivity index (χ1) is 27.3. The fourth-order valence-electron chi connectivity index (χ4n) is 7.04. The fourth-order valence-corrected chi connectivity index (χ4v) is 7.04. The van der Waals surface area contributed by atoms with Crippen LogP contribution in [-0.2, 0) is 43.1 Å². The molecule has 2 aliphatic heterocycles. The second kappa shape index (κ2) is 22.3. The number of carbonyl (C=O) groups excluding carboxylic acids is 8. The lowest BCUT2D eigenvalue weighted by atomic mass is 9.99. The zero-order valence-corrected chi connectivity index (χ0v) is 37.6. The maximum atomic E-state index is 14.3. The van der Waals surface area contributed by atoms with Crippen molar-refractivity contribution in [2.24, 2.45) is 11.8 Å². The summed E-state index contributed by atoms with van der Waals surface area (Å²) in [7, 11) is 5.52. The number of nitrogens with one attached hydrogen (secondary N) is 3. The summed E-state index contributed by atoms with van der Waals surface area (Å²) < 4.78 is 5.93. The van der Waals surface area contributed by atoms with E-state index >= 15 is 0 Å². The number of likely N-dealkylation sites (tertiary alicyclic amines) is 1. The van der Waals surface area contributed by atoms with E-state index in [1.165, 1.54) is 56.7 Å². The van der Waals surface area contributed by atoms with Crippen molar-refractivity contribution in [3.8, 4) is 0 Å². The van der Waals surface area contributed by atoms with Gasteiger partial charge in [0.15, 0.2) is 0 Å². The summed E-state index contributed by atoms with van der Waals surface area (Å²) in [5.41, 5.74) is -0.736. The second-order valence-electron chi connectivity index (χ2n) is 18.0. The molecule has 0 spiro atoms. The molecule has 0 radical (unpaired) electrons. The average Bonchev–Trinajstić information content (AvgIpc) is 3.16. The van der Waals surface area contributed by atoms with E-state index in [1.54, 1.807) is 25.7 Å². The van der Waals surface area contributed by atoms with Crippen molar-refractivity contribution in [1.29, 1.82) is 0 Å². The van der Waals surface area contributed by atoms with Gasteiger partial charge in [0.25, 0.3) is 0 Å². The molecule has 2 fully saturated rings. The van der Waals surface area contributed by atoms with Gasteiger partial charge >= 0.3 is 0 Å². The van der Waals surface area contributed by atoms with E-state index in [0.717, 1.165) is 24.2 Å². The Morgan fingerprint density at radius 2 is 1.25 bits per heavy atom. The monoisotopic (exact) mass is 837 g/mol. The molecule has 18 heteroatoms. The Balaban J connectivity index is 2.75. The Kier molecular flexibility index (Phi) is 19.2. The van der Waals surface area contributed by atoms with E-state index in [9.17, 15) is 43.5 Å². The first-order valence-electron chi connectivity index (χ1n) is 20.8. The Morgan fingerprint density at radius 3 is 1.75 bits per heavy atom. The summed E-state index contributed by atoms with van der Waals surface area (Å²) in [6.45, 7) is 15.5. The number of carbonyl (C=O) groups is 8. The zero-order valence-electron chi connectivity index (χ0n) is 37.6. The number of aliphatic hydroxyl groups excluding tert-OH is 1. The SMILES string of the molecule is CC(C)C[C@H]1C(=O)N[C@H](C(=O)N2CCCCC2)CC(=O)N(C)[C@H](C)C(=O)N(C)[C@@H](CC(C)C)C(=O)N[C@@H]([C@@H](C)O)C(=O)N(C)CC(=O)N[C@@H](COC(C)(C)C)C(=O)N1C. The molecule has 0 aromatic carbocycles. The highest BCUT2D eigenvalue weighted by Crippen LogP contribution is 2.19. The lowest BCUT2D eigenvalue weighted by Crippen LogP contribution is -2.61. The second-order valence-corrected chi connectivity index (χ2v) is 18.0. The molecular weight excluding hydrogens is 764 g/mol. The van der Waals surface area contributed by atoms with Gasteiger partial charge in [-0.25, -0.2) is 0 Å². The lowest BCUT2D eigenvalue weighted by Gasteiger charge is -2.36. The summed E-state index contributed by atoms with van der Waals surface area (Å²) in [6.07, 6.45) is 0.839. The van der Waals surface area contributed by atoms with Gasteiger partial charge in [0, 0.05) is 41.3 Å². The molecule has 2 aliphatic rings. The predicted octanol–water partition coefficient (Wildman–Crippen LogP) is 0.104. The molecule has 18 nitrogen and oxygen atoms in total. The number of ether oxygens (including phenoxy) is 1. The van der Waals surface area contributed by atoms with Crippen LogP contribution in [-0.4, -0.2) is 179 Å². The van der Waals surface area contributed by atoms with Crippen LogP contribution < -0.4 is 16.0 Å². The van der Waals surface area contributed by atoms with Crippen LogP contribution in [0.1, 0.15) is 101 Å². The summed E-state index contributed by atoms with van der Waals surface area (Å²) in [6, 6.07) is -7.59. The van der Waals surface area contributed by atoms with Gasteiger partial charge in [-0.15, -0.1) is 0 Å². The molecule has 2 saturated heterocycles. The predicted molar refractivity (Wildman–Crippen MR) is 220 cm³/mol. The van der Waals surface area contributed by atoms with Crippen molar-refractivity contribution in [1.82, 2.24) is 40.4 Å². The molecule has 2 rings (SSSR count). The number of likely N-dealkylation sites (N-methyl/N-ethyl adjacent to an activating group) is 4. The van der Waals surface area contributed by atoms with Crippen LogP contribution in [0.25, 0.3) is 0 Å². The van der Waals surface area contributed by atoms with Crippen LogP contribution in [0.5, 0.6) is 0 Å². The van der Waals surface area contributed by atoms with Gasteiger partial charge in [0.05, 0.1) is 31.3 Å². The van der Waals surface area contributed by atoms with Crippen molar-refractivity contribution in [3.05, 3.63) is 0 Å². The van der Waals surface area contributed by atoms with Crippen LogP contribution in [0.2, 0.25) is 0 Å². The van der Waals surface area contributed by atoms with E-state index in [1.807, 2.05) is 27.7 Å². The van der Waals surface area contributed by atoms with E-state index in [4.69, 9.17) is 4.74 Å². The largest absolute Gasteiger partial charge is 0.391 e. The molecule has 8 amide bonds. The van der Waals surface area contributed by atoms with Crippen molar-refractivity contribution >= 4 is 47.3 Å². The van der Waals surface area contributed by atoms with E-state index in [-0.39, 0.29) is 31.3 Å². The van der Waals surface area contributed by atoms with Crippen molar-refractivity contribution in [2.75, 3.05) is 54.4 Å². The first kappa shape index (κ1) is 50.8. The Bertz CT molecular complexity index is 1510. The van der Waals surface area contributed by atoms with Crippen LogP contribution in [0.15, 0.2) is 0 Å². The van der Waals surface area contributed by atoms with Gasteiger partial charge in [0.1, 0.15) is 36.3 Å².